The second kappa shape index (κ2) is 9.37. The second-order valence-electron chi connectivity index (χ2n) is 7.03. The molecule has 4 aromatic rings. The third kappa shape index (κ3) is 4.70. The topological polar surface area (TPSA) is 93.5 Å². The first-order chi connectivity index (χ1) is 15.8. The molecule has 33 heavy (non-hydrogen) atoms. The summed E-state index contributed by atoms with van der Waals surface area (Å²) in [5.41, 5.74) is -0.755. The Morgan fingerprint density at radius 3 is 2.64 bits per heavy atom. The molecule has 0 saturated carbocycles. The first-order valence-electron chi connectivity index (χ1n) is 9.67. The lowest BCUT2D eigenvalue weighted by atomic mass is 10.1. The van der Waals surface area contributed by atoms with Crippen LogP contribution in [0.25, 0.3) is 11.0 Å². The van der Waals surface area contributed by atoms with Crippen molar-refractivity contribution in [2.24, 2.45) is 0 Å². The van der Waals surface area contributed by atoms with Crippen molar-refractivity contribution in [3.63, 3.8) is 0 Å². The average Bonchev–Trinajstić information content (AvgIpc) is 2.79. The van der Waals surface area contributed by atoms with Crippen LogP contribution in [0.5, 0.6) is 5.75 Å². The van der Waals surface area contributed by atoms with Crippen molar-refractivity contribution in [3.05, 3.63) is 104 Å². The number of carbonyl (C=O) groups is 1. The molecule has 0 saturated heterocycles. The SMILES string of the molecule is O=C(NCc1ccc(F)cc1F)c1c(O)c2cc(Br)cnc2n(OCc2ccccc2)c1=O. The van der Waals surface area contributed by atoms with E-state index in [4.69, 9.17) is 4.84 Å². The molecule has 168 valence electrons. The predicted molar refractivity (Wildman–Crippen MR) is 120 cm³/mol. The molecule has 2 aromatic heterocycles. The number of aromatic nitrogens is 2. The maximum Gasteiger partial charge on any atom is 0.301 e. The van der Waals surface area contributed by atoms with Crippen molar-refractivity contribution in [3.8, 4) is 5.75 Å². The maximum absolute atomic E-state index is 13.9. The van der Waals surface area contributed by atoms with Gasteiger partial charge in [0.15, 0.2) is 11.2 Å². The number of fused-ring (bicyclic) bond motifs is 1. The fraction of sp³-hybridized carbons (Fsp3) is 0.0870. The van der Waals surface area contributed by atoms with E-state index in [0.29, 0.717) is 10.5 Å². The number of benzene rings is 2. The van der Waals surface area contributed by atoms with Crippen LogP contribution in [0.1, 0.15) is 21.5 Å². The molecule has 0 spiro atoms. The minimum atomic E-state index is -0.958. The van der Waals surface area contributed by atoms with Crippen LogP contribution in [0.4, 0.5) is 8.78 Å². The summed E-state index contributed by atoms with van der Waals surface area (Å²) in [5, 5.41) is 13.2. The minimum Gasteiger partial charge on any atom is -0.506 e. The van der Waals surface area contributed by atoms with Gasteiger partial charge in [0, 0.05) is 28.8 Å². The number of halogens is 3. The molecular weight excluding hydrogens is 500 g/mol. The Bertz CT molecular complexity index is 1410. The molecule has 2 heterocycles. The maximum atomic E-state index is 13.9. The zero-order valence-electron chi connectivity index (χ0n) is 16.9. The summed E-state index contributed by atoms with van der Waals surface area (Å²) in [6.45, 7) is -0.330. The molecule has 1 amide bonds. The number of nitrogens with one attached hydrogen (secondary N) is 1. The lowest BCUT2D eigenvalue weighted by Crippen LogP contribution is -2.36. The molecule has 0 bridgehead atoms. The van der Waals surface area contributed by atoms with Crippen molar-refractivity contribution in [1.29, 1.82) is 0 Å². The third-order valence-corrected chi connectivity index (χ3v) is 5.23. The molecule has 4 rings (SSSR count). The number of aromatic hydroxyl groups is 1. The first kappa shape index (κ1) is 22.4. The Hall–Kier alpha value is -3.79. The highest BCUT2D eigenvalue weighted by molar-refractivity contribution is 9.10. The molecule has 0 radical (unpaired) electrons. The van der Waals surface area contributed by atoms with Crippen molar-refractivity contribution in [2.75, 3.05) is 0 Å². The highest BCUT2D eigenvalue weighted by Gasteiger charge is 2.24. The van der Waals surface area contributed by atoms with Crippen LogP contribution < -0.4 is 15.7 Å². The summed E-state index contributed by atoms with van der Waals surface area (Å²) in [6.07, 6.45) is 1.42. The van der Waals surface area contributed by atoms with E-state index in [9.17, 15) is 23.5 Å². The summed E-state index contributed by atoms with van der Waals surface area (Å²) in [4.78, 5) is 35.7. The minimum absolute atomic E-state index is 0.000214. The van der Waals surface area contributed by atoms with E-state index in [2.05, 4.69) is 26.2 Å². The Morgan fingerprint density at radius 2 is 1.91 bits per heavy atom. The van der Waals surface area contributed by atoms with Crippen LogP contribution in [-0.2, 0) is 13.2 Å². The number of hydrogen-bond donors (Lipinski definition) is 2. The Kier molecular flexibility index (Phi) is 6.36. The van der Waals surface area contributed by atoms with Crippen LogP contribution in [0.3, 0.4) is 0 Å². The van der Waals surface area contributed by atoms with E-state index in [1.165, 1.54) is 18.3 Å². The Balaban J connectivity index is 1.72. The Labute approximate surface area is 194 Å². The number of amides is 1. The van der Waals surface area contributed by atoms with E-state index < -0.39 is 34.4 Å². The van der Waals surface area contributed by atoms with Crippen molar-refractivity contribution >= 4 is 32.9 Å². The molecular formula is C23H16BrF2N3O4. The van der Waals surface area contributed by atoms with Gasteiger partial charge in [-0.3, -0.25) is 9.59 Å². The van der Waals surface area contributed by atoms with Gasteiger partial charge in [-0.05, 0) is 33.6 Å². The van der Waals surface area contributed by atoms with Crippen molar-refractivity contribution in [2.45, 2.75) is 13.2 Å². The largest absolute Gasteiger partial charge is 0.506 e. The monoisotopic (exact) mass is 515 g/mol. The van der Waals surface area contributed by atoms with Gasteiger partial charge in [-0.15, -0.1) is 4.73 Å². The standard InChI is InChI=1S/C23H16BrF2N3O4/c24-15-8-17-20(30)19(22(31)28-10-14-6-7-16(25)9-18(14)26)23(32)29(21(17)27-11-15)33-12-13-4-2-1-3-5-13/h1-9,11,30H,10,12H2,(H,28,31). The first-order valence-corrected chi connectivity index (χ1v) is 10.5. The normalized spacial score (nSPS) is 10.9. The molecule has 10 heteroatoms. The third-order valence-electron chi connectivity index (χ3n) is 4.80. The van der Waals surface area contributed by atoms with Gasteiger partial charge in [0.25, 0.3) is 5.91 Å². The van der Waals surface area contributed by atoms with Gasteiger partial charge in [-0.2, -0.15) is 0 Å². The van der Waals surface area contributed by atoms with Crippen LogP contribution in [0.15, 0.2) is 70.1 Å². The molecule has 0 aliphatic rings. The summed E-state index contributed by atoms with van der Waals surface area (Å²) >= 11 is 3.25. The van der Waals surface area contributed by atoms with E-state index in [1.807, 2.05) is 6.07 Å². The summed E-state index contributed by atoms with van der Waals surface area (Å²) in [5.74, 6) is -3.17. The fourth-order valence-corrected chi connectivity index (χ4v) is 3.50. The van der Waals surface area contributed by atoms with Crippen LogP contribution in [-0.4, -0.2) is 20.7 Å². The highest BCUT2D eigenvalue weighted by Crippen LogP contribution is 2.27. The van der Waals surface area contributed by atoms with Crippen LogP contribution in [0, 0.1) is 11.6 Å². The quantitative estimate of drug-likeness (QED) is 0.408. The molecule has 0 atom stereocenters. The number of nitrogens with zero attached hydrogens (tertiary/aromatic N) is 2. The lowest BCUT2D eigenvalue weighted by molar-refractivity contribution is 0.0891. The zero-order chi connectivity index (χ0) is 23.5. The van der Waals surface area contributed by atoms with Gasteiger partial charge >= 0.3 is 5.56 Å². The average molecular weight is 516 g/mol. The van der Waals surface area contributed by atoms with Gasteiger partial charge in [0.05, 0.1) is 5.39 Å². The highest BCUT2D eigenvalue weighted by atomic mass is 79.9. The van der Waals surface area contributed by atoms with Gasteiger partial charge in [-0.1, -0.05) is 36.4 Å². The molecule has 7 nitrogen and oxygen atoms in total. The molecule has 2 aromatic carbocycles. The predicted octanol–water partition coefficient (Wildman–Crippen LogP) is 3.70. The zero-order valence-corrected chi connectivity index (χ0v) is 18.5. The summed E-state index contributed by atoms with van der Waals surface area (Å²) in [6, 6.07) is 13.4. The number of carbonyl (C=O) groups excluding carboxylic acids is 1. The molecule has 0 fully saturated rings. The lowest BCUT2D eigenvalue weighted by Gasteiger charge is -2.15. The van der Waals surface area contributed by atoms with E-state index in [0.717, 1.165) is 16.4 Å². The molecule has 0 unspecified atom stereocenters. The van der Waals surface area contributed by atoms with Crippen LogP contribution in [0.2, 0.25) is 0 Å². The van der Waals surface area contributed by atoms with Gasteiger partial charge in [-0.25, -0.2) is 13.8 Å². The van der Waals surface area contributed by atoms with E-state index in [-0.39, 0.29) is 29.7 Å². The van der Waals surface area contributed by atoms with Crippen molar-refractivity contribution < 1.29 is 23.5 Å². The molecule has 0 aliphatic carbocycles. The van der Waals surface area contributed by atoms with Crippen LogP contribution >= 0.6 is 15.9 Å². The molecule has 2 N–H and O–H groups in total. The number of pyridine rings is 2. The smallest absolute Gasteiger partial charge is 0.301 e. The van der Waals surface area contributed by atoms with E-state index in [1.54, 1.807) is 24.3 Å². The number of hydrogen-bond acceptors (Lipinski definition) is 5. The molecule has 0 aliphatic heterocycles. The van der Waals surface area contributed by atoms with Gasteiger partial charge in [0.2, 0.25) is 0 Å². The Morgan fingerprint density at radius 1 is 1.15 bits per heavy atom. The fourth-order valence-electron chi connectivity index (χ4n) is 3.17. The summed E-state index contributed by atoms with van der Waals surface area (Å²) < 4.78 is 28.3. The van der Waals surface area contributed by atoms with E-state index >= 15 is 0 Å². The van der Waals surface area contributed by atoms with Gasteiger partial charge < -0.3 is 15.3 Å². The summed E-state index contributed by atoms with van der Waals surface area (Å²) in [7, 11) is 0. The second-order valence-corrected chi connectivity index (χ2v) is 7.94. The van der Waals surface area contributed by atoms with Gasteiger partial charge in [0.1, 0.15) is 24.0 Å². The number of rotatable bonds is 6. The van der Waals surface area contributed by atoms with Crippen molar-refractivity contribution in [1.82, 2.24) is 15.0 Å².